The van der Waals surface area contributed by atoms with Crippen molar-refractivity contribution in [3.05, 3.63) is 90.4 Å². The molecular weight excluding hydrogens is 348 g/mol. The van der Waals surface area contributed by atoms with E-state index in [2.05, 4.69) is 42.8 Å². The van der Waals surface area contributed by atoms with Crippen LogP contribution in [0.25, 0.3) is 11.1 Å². The number of nitrogens with zero attached hydrogens (tertiary/aromatic N) is 2. The summed E-state index contributed by atoms with van der Waals surface area (Å²) in [6, 6.07) is 15.8. The number of carbonyl (C=O) groups excluding carboxylic acids is 1. The minimum Gasteiger partial charge on any atom is -0.440 e. The van der Waals surface area contributed by atoms with Crippen LogP contribution in [0, 0.1) is 0 Å². The minimum atomic E-state index is 0.0261. The van der Waals surface area contributed by atoms with Crippen LogP contribution in [0.5, 0.6) is 0 Å². The van der Waals surface area contributed by atoms with Gasteiger partial charge < -0.3 is 9.32 Å². The van der Waals surface area contributed by atoms with Crippen LogP contribution < -0.4 is 0 Å². The Hall–Kier alpha value is -3.14. The summed E-state index contributed by atoms with van der Waals surface area (Å²) < 4.78 is 5.87. The Morgan fingerprint density at radius 2 is 2.11 bits per heavy atom. The third-order valence-corrected chi connectivity index (χ3v) is 5.21. The maximum Gasteiger partial charge on any atom is 0.254 e. The standard InChI is InChI=1S/C24H24N2O2/c1-3-8-20-12-7-9-17(2)26(20)24(27)19-13-14-22-21(16-19)25-23(28-22)15-18-10-5-4-6-11-18/h3-7,9-11,13-14,16-17,20H,1,8,12,15H2,2H3/t17-,20-/m1/s1. The molecular formula is C24H24N2O2. The highest BCUT2D eigenvalue weighted by molar-refractivity contribution is 5.97. The van der Waals surface area contributed by atoms with Gasteiger partial charge in [-0.05, 0) is 43.5 Å². The van der Waals surface area contributed by atoms with Gasteiger partial charge in [0.2, 0.25) is 0 Å². The molecule has 0 unspecified atom stereocenters. The van der Waals surface area contributed by atoms with Crippen LogP contribution in [0.3, 0.4) is 0 Å². The first-order valence-corrected chi connectivity index (χ1v) is 9.69. The summed E-state index contributed by atoms with van der Waals surface area (Å²) in [5, 5.41) is 0. The second-order valence-corrected chi connectivity index (χ2v) is 7.25. The highest BCUT2D eigenvalue weighted by Crippen LogP contribution is 2.25. The summed E-state index contributed by atoms with van der Waals surface area (Å²) in [6.07, 6.45) is 8.40. The number of aromatic nitrogens is 1. The Morgan fingerprint density at radius 1 is 1.29 bits per heavy atom. The number of carbonyl (C=O) groups is 1. The zero-order valence-corrected chi connectivity index (χ0v) is 16.0. The molecule has 0 saturated carbocycles. The minimum absolute atomic E-state index is 0.0261. The predicted molar refractivity (Wildman–Crippen MR) is 111 cm³/mol. The third kappa shape index (κ3) is 3.63. The van der Waals surface area contributed by atoms with Gasteiger partial charge in [-0.1, -0.05) is 48.6 Å². The molecule has 0 fully saturated rings. The van der Waals surface area contributed by atoms with Gasteiger partial charge in [-0.3, -0.25) is 4.79 Å². The normalized spacial score (nSPS) is 19.1. The second-order valence-electron chi connectivity index (χ2n) is 7.25. The van der Waals surface area contributed by atoms with E-state index in [0.717, 1.165) is 23.9 Å². The van der Waals surface area contributed by atoms with E-state index in [1.54, 1.807) is 0 Å². The highest BCUT2D eigenvalue weighted by atomic mass is 16.3. The van der Waals surface area contributed by atoms with Crippen LogP contribution in [0.2, 0.25) is 0 Å². The molecule has 0 saturated heterocycles. The fourth-order valence-electron chi connectivity index (χ4n) is 3.83. The molecule has 2 aromatic carbocycles. The van der Waals surface area contributed by atoms with E-state index in [4.69, 9.17) is 4.42 Å². The van der Waals surface area contributed by atoms with Crippen molar-refractivity contribution in [2.45, 2.75) is 38.3 Å². The Balaban J connectivity index is 1.61. The largest absolute Gasteiger partial charge is 0.440 e. The van der Waals surface area contributed by atoms with E-state index in [9.17, 15) is 4.79 Å². The van der Waals surface area contributed by atoms with Crippen molar-refractivity contribution in [2.24, 2.45) is 0 Å². The van der Waals surface area contributed by atoms with Gasteiger partial charge in [0.1, 0.15) is 5.52 Å². The molecule has 0 radical (unpaired) electrons. The van der Waals surface area contributed by atoms with Crippen LogP contribution in [-0.2, 0) is 6.42 Å². The van der Waals surface area contributed by atoms with Gasteiger partial charge in [-0.15, -0.1) is 6.58 Å². The third-order valence-electron chi connectivity index (χ3n) is 5.21. The number of hydrogen-bond acceptors (Lipinski definition) is 3. The highest BCUT2D eigenvalue weighted by Gasteiger charge is 2.29. The molecule has 1 aliphatic heterocycles. The number of hydrogen-bond donors (Lipinski definition) is 0. The summed E-state index contributed by atoms with van der Waals surface area (Å²) >= 11 is 0. The summed E-state index contributed by atoms with van der Waals surface area (Å²) in [5.41, 5.74) is 3.21. The maximum absolute atomic E-state index is 13.2. The first kappa shape index (κ1) is 18.2. The molecule has 0 spiro atoms. The molecule has 4 rings (SSSR count). The lowest BCUT2D eigenvalue weighted by Gasteiger charge is -2.37. The van der Waals surface area contributed by atoms with Gasteiger partial charge in [-0.2, -0.15) is 0 Å². The van der Waals surface area contributed by atoms with E-state index in [1.807, 2.05) is 47.4 Å². The Kier molecular flexibility index (Phi) is 5.11. The van der Waals surface area contributed by atoms with Crippen LogP contribution >= 0.6 is 0 Å². The molecule has 1 amide bonds. The van der Waals surface area contributed by atoms with Crippen molar-refractivity contribution in [3.63, 3.8) is 0 Å². The summed E-state index contributed by atoms with van der Waals surface area (Å²) in [4.78, 5) is 19.8. The first-order chi connectivity index (χ1) is 13.7. The molecule has 3 aromatic rings. The summed E-state index contributed by atoms with van der Waals surface area (Å²) in [7, 11) is 0. The molecule has 4 heteroatoms. The lowest BCUT2D eigenvalue weighted by Crippen LogP contribution is -2.46. The molecule has 28 heavy (non-hydrogen) atoms. The van der Waals surface area contributed by atoms with Crippen molar-refractivity contribution in [3.8, 4) is 0 Å². The number of oxazole rings is 1. The molecule has 4 nitrogen and oxygen atoms in total. The molecule has 1 aliphatic rings. The fraction of sp³-hybridized carbons (Fsp3) is 0.250. The quantitative estimate of drug-likeness (QED) is 0.582. The van der Waals surface area contributed by atoms with E-state index in [-0.39, 0.29) is 18.0 Å². The van der Waals surface area contributed by atoms with Gasteiger partial charge >= 0.3 is 0 Å². The molecule has 2 heterocycles. The zero-order valence-electron chi connectivity index (χ0n) is 16.0. The summed E-state index contributed by atoms with van der Waals surface area (Å²) in [5.74, 6) is 0.683. The summed E-state index contributed by atoms with van der Waals surface area (Å²) in [6.45, 7) is 5.89. The van der Waals surface area contributed by atoms with E-state index in [1.165, 1.54) is 0 Å². The van der Waals surface area contributed by atoms with Crippen LogP contribution in [0.1, 0.15) is 41.6 Å². The Labute approximate surface area is 165 Å². The van der Waals surface area contributed by atoms with Crippen molar-refractivity contribution in [2.75, 3.05) is 0 Å². The molecule has 1 aromatic heterocycles. The smallest absolute Gasteiger partial charge is 0.254 e. The van der Waals surface area contributed by atoms with Crippen molar-refractivity contribution in [1.82, 2.24) is 9.88 Å². The van der Waals surface area contributed by atoms with Gasteiger partial charge in [0.05, 0.1) is 0 Å². The fourth-order valence-corrected chi connectivity index (χ4v) is 3.83. The van der Waals surface area contributed by atoms with Gasteiger partial charge in [0, 0.05) is 24.1 Å². The van der Waals surface area contributed by atoms with Crippen molar-refractivity contribution < 1.29 is 9.21 Å². The number of fused-ring (bicyclic) bond motifs is 1. The average molecular weight is 372 g/mol. The maximum atomic E-state index is 13.2. The van der Waals surface area contributed by atoms with Crippen molar-refractivity contribution >= 4 is 17.0 Å². The number of amides is 1. The van der Waals surface area contributed by atoms with E-state index >= 15 is 0 Å². The lowest BCUT2D eigenvalue weighted by molar-refractivity contribution is 0.0622. The number of rotatable bonds is 5. The van der Waals surface area contributed by atoms with Crippen LogP contribution in [0.4, 0.5) is 0 Å². The Morgan fingerprint density at radius 3 is 2.89 bits per heavy atom. The molecule has 2 atom stereocenters. The number of benzene rings is 2. The lowest BCUT2D eigenvalue weighted by atomic mass is 9.99. The average Bonchev–Trinajstić information content (AvgIpc) is 3.10. The van der Waals surface area contributed by atoms with Crippen molar-refractivity contribution in [1.29, 1.82) is 0 Å². The van der Waals surface area contributed by atoms with Crippen LogP contribution in [0.15, 0.2) is 77.8 Å². The van der Waals surface area contributed by atoms with Gasteiger partial charge in [-0.25, -0.2) is 4.98 Å². The predicted octanol–water partition coefficient (Wildman–Crippen LogP) is 5.15. The zero-order chi connectivity index (χ0) is 19.5. The van der Waals surface area contributed by atoms with Gasteiger partial charge in [0.25, 0.3) is 5.91 Å². The van der Waals surface area contributed by atoms with E-state index < -0.39 is 0 Å². The van der Waals surface area contributed by atoms with Gasteiger partial charge in [0.15, 0.2) is 11.5 Å². The second kappa shape index (κ2) is 7.85. The van der Waals surface area contributed by atoms with E-state index in [0.29, 0.717) is 23.5 Å². The molecule has 0 N–H and O–H groups in total. The van der Waals surface area contributed by atoms with Crippen LogP contribution in [-0.4, -0.2) is 27.9 Å². The Bertz CT molecular complexity index is 1020. The SMILES string of the molecule is C=CC[C@@H]1CC=C[C@@H](C)N1C(=O)c1ccc2oc(Cc3ccccc3)nc2c1. The topological polar surface area (TPSA) is 46.3 Å². The molecule has 142 valence electrons. The molecule has 0 bridgehead atoms. The molecule has 0 aliphatic carbocycles. The monoisotopic (exact) mass is 372 g/mol. The first-order valence-electron chi connectivity index (χ1n) is 9.69.